The lowest BCUT2D eigenvalue weighted by atomic mass is 9.43. The van der Waals surface area contributed by atoms with Crippen molar-refractivity contribution < 1.29 is 37.8 Å². The summed E-state index contributed by atoms with van der Waals surface area (Å²) >= 11 is 0.449. The molecule has 7 atom stereocenters. The number of primary amides is 1. The van der Waals surface area contributed by atoms with Crippen molar-refractivity contribution in [2.24, 2.45) is 39.1 Å². The van der Waals surface area contributed by atoms with Gasteiger partial charge in [0.2, 0.25) is 11.0 Å². The fourth-order valence-electron chi connectivity index (χ4n) is 8.90. The number of thioether (sulfide) groups is 1. The molecule has 4 aliphatic rings. The molecule has 1 unspecified atom stereocenters. The molecule has 3 fully saturated rings. The van der Waals surface area contributed by atoms with E-state index in [9.17, 15) is 28.7 Å². The molecule has 0 aromatic heterocycles. The number of benzene rings is 1. The van der Waals surface area contributed by atoms with Crippen LogP contribution in [0.2, 0.25) is 0 Å². The second kappa shape index (κ2) is 12.8. The molecule has 0 heterocycles. The van der Waals surface area contributed by atoms with E-state index in [4.69, 9.17) is 21.2 Å². The summed E-state index contributed by atoms with van der Waals surface area (Å²) in [4.78, 5) is 54.4. The van der Waals surface area contributed by atoms with Crippen molar-refractivity contribution in [2.75, 3.05) is 12.6 Å². The van der Waals surface area contributed by atoms with Crippen molar-refractivity contribution in [1.82, 2.24) is 5.32 Å². The summed E-state index contributed by atoms with van der Waals surface area (Å²) in [6, 6.07) is 5.51. The minimum Gasteiger partial charge on any atom is -0.449 e. The number of halogens is 2. The molecular weight excluding hydrogens is 630 g/mol. The number of carbonyl (C=O) groups excluding carboxylic acids is 4. The molecule has 13 heteroatoms. The first-order valence-electron chi connectivity index (χ1n) is 15.9. The van der Waals surface area contributed by atoms with Crippen molar-refractivity contribution in [3.05, 3.63) is 53.3 Å². The van der Waals surface area contributed by atoms with Gasteiger partial charge in [0.05, 0.1) is 24.0 Å². The number of amides is 2. The highest BCUT2D eigenvalue weighted by Gasteiger charge is 2.76. The Morgan fingerprint density at radius 1 is 1.21 bits per heavy atom. The number of esters is 1. The Kier molecular flexibility index (Phi) is 9.46. The number of hydrogen-bond acceptors (Lipinski definition) is 9. The van der Waals surface area contributed by atoms with Gasteiger partial charge in [-0.15, -0.1) is 0 Å². The molecule has 47 heavy (non-hydrogen) atoms. The average Bonchev–Trinajstić information content (AvgIpc) is 3.32. The largest absolute Gasteiger partial charge is 0.449 e. The smallest absolute Gasteiger partial charge is 0.306 e. The Morgan fingerprint density at radius 2 is 1.96 bits per heavy atom. The molecule has 0 radical (unpaired) electrons. The van der Waals surface area contributed by atoms with Crippen LogP contribution in [0.15, 0.2) is 52.7 Å². The van der Waals surface area contributed by atoms with E-state index in [1.54, 1.807) is 45.0 Å². The van der Waals surface area contributed by atoms with E-state index in [-0.39, 0.29) is 37.8 Å². The van der Waals surface area contributed by atoms with Crippen LogP contribution >= 0.6 is 11.8 Å². The lowest BCUT2D eigenvalue weighted by Gasteiger charge is -2.63. The van der Waals surface area contributed by atoms with E-state index in [2.05, 4.69) is 5.32 Å². The van der Waals surface area contributed by atoms with Crippen LogP contribution in [0.4, 0.5) is 14.5 Å². The Labute approximate surface area is 276 Å². The van der Waals surface area contributed by atoms with Gasteiger partial charge in [0.25, 0.3) is 5.91 Å². The number of alkyl halides is 2. The molecule has 0 bridgehead atoms. The summed E-state index contributed by atoms with van der Waals surface area (Å²) in [6.07, 6.45) is 3.09. The first-order valence-corrected chi connectivity index (χ1v) is 16.9. The van der Waals surface area contributed by atoms with Gasteiger partial charge in [0.15, 0.2) is 5.60 Å². The normalized spacial score (nSPS) is 36.1. The molecule has 1 aromatic rings. The number of ether oxygens (including phenoxy) is 1. The minimum atomic E-state index is -2.11. The summed E-state index contributed by atoms with van der Waals surface area (Å²) in [7, 11) is 0. The molecule has 6 N–H and O–H groups in total. The number of nitrogens with one attached hydrogen (secondary N) is 1. The van der Waals surface area contributed by atoms with Gasteiger partial charge in [-0.3, -0.25) is 19.2 Å². The van der Waals surface area contributed by atoms with Crippen LogP contribution in [0.25, 0.3) is 0 Å². The summed E-state index contributed by atoms with van der Waals surface area (Å²) in [5, 5.41) is 13.7. The topological polar surface area (TPSA) is 174 Å². The number of nitrogens with two attached hydrogens (primary N) is 2. The Hall–Kier alpha value is -3.58. The maximum absolute atomic E-state index is 18.1. The standard InChI is InChI=1S/C34H42F2N4O6S/c1-4-28(43)46-33(30(45)47-18-35)11-10-23-24-9-8-21-13-25(40-22-7-5-6-19(12-22)29(44)39-17-27(38)42)20(16-37)14-31(21,2)34(24,36)26(41)15-32(23,33)3/h5-7,12-13,16,23-24,26,41H,4,8-11,14-15,17-18,37H2,1-3H3,(H2,38,42)(H,39,44)/t23-,24-,26-,31-,32-,33?,34-/m0/s1. The number of carbonyl (C=O) groups is 4. The predicted molar refractivity (Wildman–Crippen MR) is 174 cm³/mol. The first kappa shape index (κ1) is 34.7. The molecule has 5 rings (SSSR count). The lowest BCUT2D eigenvalue weighted by molar-refractivity contribution is -0.228. The first-order chi connectivity index (χ1) is 22.2. The zero-order valence-corrected chi connectivity index (χ0v) is 27.6. The highest BCUT2D eigenvalue weighted by atomic mass is 32.2. The molecule has 3 saturated carbocycles. The maximum atomic E-state index is 18.1. The fraction of sp³-hybridized carbons (Fsp3) is 0.559. The maximum Gasteiger partial charge on any atom is 0.306 e. The molecule has 2 amide bonds. The number of aliphatic imine (C=N–C) groups is 1. The highest BCUT2D eigenvalue weighted by molar-refractivity contribution is 8.13. The van der Waals surface area contributed by atoms with Crippen molar-refractivity contribution in [1.29, 1.82) is 0 Å². The fourth-order valence-corrected chi connectivity index (χ4v) is 9.60. The number of aliphatic hydroxyl groups excluding tert-OH is 1. The predicted octanol–water partition coefficient (Wildman–Crippen LogP) is 4.33. The van der Waals surface area contributed by atoms with Crippen molar-refractivity contribution >= 4 is 46.1 Å². The van der Waals surface area contributed by atoms with Gasteiger partial charge in [0, 0.05) is 28.7 Å². The van der Waals surface area contributed by atoms with Gasteiger partial charge in [-0.05, 0) is 92.3 Å². The third kappa shape index (κ3) is 5.48. The van der Waals surface area contributed by atoms with Crippen LogP contribution < -0.4 is 16.8 Å². The molecule has 4 aliphatic carbocycles. The number of fused-ring (bicyclic) bond motifs is 5. The van der Waals surface area contributed by atoms with E-state index >= 15 is 4.39 Å². The monoisotopic (exact) mass is 672 g/mol. The molecule has 1 aromatic carbocycles. The Bertz CT molecular complexity index is 1580. The summed E-state index contributed by atoms with van der Waals surface area (Å²) in [5.41, 5.74) is 7.74. The van der Waals surface area contributed by atoms with Crippen LogP contribution in [0.1, 0.15) is 76.1 Å². The second-order valence-corrected chi connectivity index (χ2v) is 14.3. The zero-order chi connectivity index (χ0) is 34.4. The summed E-state index contributed by atoms with van der Waals surface area (Å²) in [5.74, 6) is -2.84. The van der Waals surface area contributed by atoms with Crippen molar-refractivity contribution in [2.45, 2.75) is 83.1 Å². The van der Waals surface area contributed by atoms with Gasteiger partial charge in [-0.1, -0.05) is 32.4 Å². The van der Waals surface area contributed by atoms with Gasteiger partial charge < -0.3 is 26.6 Å². The molecule has 254 valence electrons. The molecule has 0 aliphatic heterocycles. The quantitative estimate of drug-likeness (QED) is 0.295. The second-order valence-electron chi connectivity index (χ2n) is 13.5. The number of rotatable bonds is 8. The number of allylic oxidation sites excluding steroid dienone is 3. The van der Waals surface area contributed by atoms with Gasteiger partial charge >= 0.3 is 5.97 Å². The number of nitrogens with zero attached hydrogens (tertiary/aromatic N) is 1. The molecular formula is C34H42F2N4O6S. The van der Waals surface area contributed by atoms with Crippen molar-refractivity contribution in [3.8, 4) is 0 Å². The van der Waals surface area contributed by atoms with E-state index < -0.39 is 68.9 Å². The third-order valence-electron chi connectivity index (χ3n) is 11.2. The van der Waals surface area contributed by atoms with E-state index in [1.165, 1.54) is 6.20 Å². The number of hydrogen-bond donors (Lipinski definition) is 4. The lowest BCUT2D eigenvalue weighted by Crippen LogP contribution is -2.69. The van der Waals surface area contributed by atoms with Crippen molar-refractivity contribution in [3.63, 3.8) is 0 Å². The molecule has 0 spiro atoms. The van der Waals surface area contributed by atoms with Crippen LogP contribution in [-0.2, 0) is 19.1 Å². The SMILES string of the molecule is CCC(=O)OC1(C(=O)SCF)CC[C@H]2[C@@H]3CCC4=CC(=Nc5cccc(C(=O)NCC(N)=O)c5)C(=CN)C[C@]4(C)[C@@]3(F)[C@@H](O)C[C@@]21C. The van der Waals surface area contributed by atoms with E-state index in [0.717, 1.165) is 5.57 Å². The van der Waals surface area contributed by atoms with Crippen LogP contribution in [-0.4, -0.2) is 63.6 Å². The highest BCUT2D eigenvalue weighted by Crippen LogP contribution is 2.71. The van der Waals surface area contributed by atoms with Crippen LogP contribution in [0, 0.1) is 22.7 Å². The minimum absolute atomic E-state index is 0.0200. The summed E-state index contributed by atoms with van der Waals surface area (Å²) in [6.45, 7) is 4.88. The van der Waals surface area contributed by atoms with Gasteiger partial charge in [-0.25, -0.2) is 13.8 Å². The zero-order valence-electron chi connectivity index (χ0n) is 26.8. The van der Waals surface area contributed by atoms with E-state index in [0.29, 0.717) is 48.0 Å². The van der Waals surface area contributed by atoms with Crippen LogP contribution in [0.5, 0.6) is 0 Å². The molecule has 10 nitrogen and oxygen atoms in total. The van der Waals surface area contributed by atoms with Gasteiger partial charge in [-0.2, -0.15) is 0 Å². The third-order valence-corrected chi connectivity index (χ3v) is 11.9. The average molecular weight is 673 g/mol. The van der Waals surface area contributed by atoms with Gasteiger partial charge in [0.1, 0.15) is 11.7 Å². The Morgan fingerprint density at radius 3 is 2.62 bits per heavy atom. The number of aliphatic hydroxyl groups is 1. The molecule has 0 saturated heterocycles. The summed E-state index contributed by atoms with van der Waals surface area (Å²) < 4.78 is 37.4. The Balaban J connectivity index is 1.51. The van der Waals surface area contributed by atoms with E-state index in [1.807, 2.05) is 6.08 Å². The van der Waals surface area contributed by atoms with Crippen LogP contribution in [0.3, 0.4) is 0 Å².